The van der Waals surface area contributed by atoms with E-state index in [2.05, 4.69) is 24.2 Å². The van der Waals surface area contributed by atoms with Crippen LogP contribution >= 0.6 is 0 Å². The first kappa shape index (κ1) is 27.8. The zero-order valence-corrected chi connectivity index (χ0v) is 18.3. The predicted molar refractivity (Wildman–Crippen MR) is 116 cm³/mol. The van der Waals surface area contributed by atoms with E-state index in [1.165, 1.54) is 32.1 Å². The average Bonchev–Trinajstić information content (AvgIpc) is 2.59. The van der Waals surface area contributed by atoms with Crippen molar-refractivity contribution in [3.63, 3.8) is 0 Å². The molecule has 0 aliphatic heterocycles. The van der Waals surface area contributed by atoms with Crippen LogP contribution in [0.3, 0.4) is 0 Å². The van der Waals surface area contributed by atoms with Crippen molar-refractivity contribution in [3.05, 3.63) is 0 Å². The number of carbonyl (C=O) groups excluding carboxylic acids is 2. The van der Waals surface area contributed by atoms with Crippen molar-refractivity contribution in [2.75, 3.05) is 13.6 Å². The third kappa shape index (κ3) is 24.6. The molecule has 1 aliphatic rings. The number of hydrogen-bond acceptors (Lipinski definition) is 3. The van der Waals surface area contributed by atoms with Gasteiger partial charge < -0.3 is 21.6 Å². The van der Waals surface area contributed by atoms with E-state index < -0.39 is 0 Å². The largest absolute Gasteiger partial charge is 0.370 e. The highest BCUT2D eigenvalue weighted by Crippen LogP contribution is 2.26. The fourth-order valence-electron chi connectivity index (χ4n) is 2.80. The molecule has 6 nitrogen and oxygen atoms in total. The quantitative estimate of drug-likeness (QED) is 0.336. The van der Waals surface area contributed by atoms with Gasteiger partial charge in [0.05, 0.1) is 0 Å². The molecular weight excluding hydrogens is 340 g/mol. The van der Waals surface area contributed by atoms with Gasteiger partial charge in [-0.25, -0.2) is 0 Å². The molecule has 1 amide bonds. The maximum atomic E-state index is 10.8. The monoisotopic (exact) mass is 384 g/mol. The molecule has 0 aromatic heterocycles. The van der Waals surface area contributed by atoms with Crippen LogP contribution in [0, 0.1) is 17.8 Å². The van der Waals surface area contributed by atoms with Gasteiger partial charge in [0, 0.05) is 12.8 Å². The molecule has 160 valence electrons. The molecule has 0 atom stereocenters. The van der Waals surface area contributed by atoms with Crippen LogP contribution in [0.15, 0.2) is 4.99 Å². The van der Waals surface area contributed by atoms with E-state index >= 15 is 0 Å². The Morgan fingerprint density at radius 2 is 1.70 bits per heavy atom. The van der Waals surface area contributed by atoms with Crippen LogP contribution < -0.4 is 16.8 Å². The second-order valence-corrected chi connectivity index (χ2v) is 8.06. The van der Waals surface area contributed by atoms with Crippen LogP contribution in [-0.2, 0) is 9.59 Å². The molecule has 0 saturated heterocycles. The van der Waals surface area contributed by atoms with E-state index in [4.69, 9.17) is 11.5 Å². The zero-order valence-electron chi connectivity index (χ0n) is 18.3. The normalized spacial score (nSPS) is 13.9. The smallest absolute Gasteiger partial charge is 0.248 e. The Kier molecular flexibility index (Phi) is 19.9. The first-order chi connectivity index (χ1) is 12.7. The molecule has 5 N–H and O–H groups in total. The van der Waals surface area contributed by atoms with Gasteiger partial charge in [0.15, 0.2) is 5.96 Å². The Morgan fingerprint density at radius 3 is 2.07 bits per heavy atom. The maximum absolute atomic E-state index is 10.8. The summed E-state index contributed by atoms with van der Waals surface area (Å²) in [6.45, 7) is 9.60. The minimum absolute atomic E-state index is 0.154. The molecule has 0 aromatic carbocycles. The molecule has 0 aromatic rings. The second-order valence-electron chi connectivity index (χ2n) is 8.06. The first-order valence-corrected chi connectivity index (χ1v) is 10.4. The average molecular weight is 385 g/mol. The summed E-state index contributed by atoms with van der Waals surface area (Å²) in [5, 5.41) is 3.07. The van der Waals surface area contributed by atoms with E-state index in [0.717, 1.165) is 43.9 Å². The minimum atomic E-state index is -0.237. The molecule has 1 fully saturated rings. The van der Waals surface area contributed by atoms with Crippen LogP contribution in [0.25, 0.3) is 0 Å². The Bertz CT molecular complexity index is 386. The summed E-state index contributed by atoms with van der Waals surface area (Å²) in [6.07, 6.45) is 11.2. The summed E-state index contributed by atoms with van der Waals surface area (Å²) in [4.78, 5) is 24.2. The van der Waals surface area contributed by atoms with Crippen molar-refractivity contribution in [2.45, 2.75) is 85.5 Å². The number of guanidine groups is 1. The van der Waals surface area contributed by atoms with Crippen LogP contribution in [-0.4, -0.2) is 31.7 Å². The van der Waals surface area contributed by atoms with Crippen molar-refractivity contribution < 1.29 is 9.59 Å². The molecule has 0 heterocycles. The lowest BCUT2D eigenvalue weighted by molar-refractivity contribution is -0.118. The van der Waals surface area contributed by atoms with Crippen molar-refractivity contribution in [1.29, 1.82) is 0 Å². The summed E-state index contributed by atoms with van der Waals surface area (Å²) < 4.78 is 0. The Balaban J connectivity index is 0. The lowest BCUT2D eigenvalue weighted by atomic mass is 9.86. The van der Waals surface area contributed by atoms with Crippen LogP contribution in [0.5, 0.6) is 0 Å². The molecule has 1 saturated carbocycles. The summed E-state index contributed by atoms with van der Waals surface area (Å²) in [6, 6.07) is 0. The number of aldehydes is 1. The van der Waals surface area contributed by atoms with Crippen molar-refractivity contribution in [1.82, 2.24) is 5.32 Å². The predicted octanol–water partition coefficient (Wildman–Crippen LogP) is 3.63. The topological polar surface area (TPSA) is 111 Å². The van der Waals surface area contributed by atoms with Crippen molar-refractivity contribution in [2.24, 2.45) is 34.2 Å². The molecule has 0 unspecified atom stereocenters. The van der Waals surface area contributed by atoms with Gasteiger partial charge in [-0.1, -0.05) is 59.8 Å². The van der Waals surface area contributed by atoms with Gasteiger partial charge in [0.1, 0.15) is 6.29 Å². The molecular formula is C21H44N4O2. The van der Waals surface area contributed by atoms with E-state index in [-0.39, 0.29) is 11.9 Å². The number of carbonyl (C=O) groups is 2. The summed E-state index contributed by atoms with van der Waals surface area (Å²) in [7, 11) is 1.97. The lowest BCUT2D eigenvalue weighted by Gasteiger charge is -2.19. The van der Waals surface area contributed by atoms with Gasteiger partial charge in [0.2, 0.25) is 5.91 Å². The Morgan fingerprint density at radius 1 is 1.11 bits per heavy atom. The van der Waals surface area contributed by atoms with E-state index in [1.807, 2.05) is 20.9 Å². The molecule has 0 spiro atoms. The molecule has 27 heavy (non-hydrogen) atoms. The fraction of sp³-hybridized carbons (Fsp3) is 0.857. The first-order valence-electron chi connectivity index (χ1n) is 10.4. The van der Waals surface area contributed by atoms with Crippen LogP contribution in [0.4, 0.5) is 0 Å². The highest BCUT2D eigenvalue weighted by Gasteiger charge is 2.11. The SMILES string of the molecule is CC(C)CCC(=O)N=C(N)N.CNCC(C)C.O=CCCC1CCCCC1. The molecule has 1 rings (SSSR count). The van der Waals surface area contributed by atoms with Crippen LogP contribution in [0.1, 0.15) is 85.5 Å². The van der Waals surface area contributed by atoms with Crippen molar-refractivity contribution in [3.8, 4) is 0 Å². The number of aliphatic imine (C=N–C) groups is 1. The fourth-order valence-corrected chi connectivity index (χ4v) is 2.80. The summed E-state index contributed by atoms with van der Waals surface area (Å²) >= 11 is 0. The summed E-state index contributed by atoms with van der Waals surface area (Å²) in [5.41, 5.74) is 10.0. The highest BCUT2D eigenvalue weighted by atomic mass is 16.1. The van der Waals surface area contributed by atoms with E-state index in [0.29, 0.717) is 12.3 Å². The molecule has 0 radical (unpaired) electrons. The second kappa shape index (κ2) is 19.3. The van der Waals surface area contributed by atoms with Gasteiger partial charge in [-0.05, 0) is 44.2 Å². The van der Waals surface area contributed by atoms with Crippen molar-refractivity contribution >= 4 is 18.2 Å². The Hall–Kier alpha value is -1.43. The third-order valence-corrected chi connectivity index (χ3v) is 4.22. The number of rotatable bonds is 8. The Labute approximate surface area is 166 Å². The molecule has 6 heteroatoms. The zero-order chi connectivity index (χ0) is 21.1. The maximum Gasteiger partial charge on any atom is 0.248 e. The summed E-state index contributed by atoms with van der Waals surface area (Å²) in [5.74, 6) is 1.78. The number of nitrogens with zero attached hydrogens (tertiary/aromatic N) is 1. The van der Waals surface area contributed by atoms with E-state index in [9.17, 15) is 9.59 Å². The lowest BCUT2D eigenvalue weighted by Crippen LogP contribution is -2.24. The minimum Gasteiger partial charge on any atom is -0.370 e. The van der Waals surface area contributed by atoms with E-state index in [1.54, 1.807) is 0 Å². The van der Waals surface area contributed by atoms with Crippen LogP contribution in [0.2, 0.25) is 0 Å². The molecule has 0 bridgehead atoms. The number of hydrogen-bond donors (Lipinski definition) is 3. The number of amides is 1. The van der Waals surface area contributed by atoms with Gasteiger partial charge >= 0.3 is 0 Å². The van der Waals surface area contributed by atoms with Gasteiger partial charge in [-0.15, -0.1) is 0 Å². The standard InChI is InChI=1S/C9H16O.C7H15N3O.C5H13N/c10-8-4-7-9-5-2-1-3-6-9;1-5(2)3-4-6(11)10-7(8)9;1-5(2)4-6-3/h8-9H,1-7H2;5H,3-4H2,1-2H3,(H4,8,9,10,11);5-6H,4H2,1-3H3. The number of nitrogens with one attached hydrogen (secondary N) is 1. The molecule has 1 aliphatic carbocycles. The highest BCUT2D eigenvalue weighted by molar-refractivity contribution is 5.91. The third-order valence-electron chi connectivity index (χ3n) is 4.22. The van der Waals surface area contributed by atoms with Gasteiger partial charge in [-0.3, -0.25) is 4.79 Å². The van der Waals surface area contributed by atoms with Gasteiger partial charge in [-0.2, -0.15) is 4.99 Å². The number of nitrogens with two attached hydrogens (primary N) is 2. The van der Waals surface area contributed by atoms with Gasteiger partial charge in [0.25, 0.3) is 0 Å².